The van der Waals surface area contributed by atoms with Crippen LogP contribution in [0.25, 0.3) is 0 Å². The number of hydrogen-bond donors (Lipinski definition) is 2. The lowest BCUT2D eigenvalue weighted by atomic mass is 10.1. The van der Waals surface area contributed by atoms with Crippen molar-refractivity contribution in [1.29, 1.82) is 0 Å². The lowest BCUT2D eigenvalue weighted by Gasteiger charge is -2.36. The van der Waals surface area contributed by atoms with Gasteiger partial charge in [-0.3, -0.25) is 10.7 Å². The van der Waals surface area contributed by atoms with Crippen molar-refractivity contribution in [2.45, 2.75) is 25.5 Å². The minimum absolute atomic E-state index is 0.00111. The molecule has 8 heteroatoms. The summed E-state index contributed by atoms with van der Waals surface area (Å²) in [6.45, 7) is 5.84. The molecule has 19 heavy (non-hydrogen) atoms. The van der Waals surface area contributed by atoms with Crippen LogP contribution in [0.1, 0.15) is 25.1 Å². The van der Waals surface area contributed by atoms with Crippen molar-refractivity contribution in [3.05, 3.63) is 10.3 Å². The lowest BCUT2D eigenvalue weighted by molar-refractivity contribution is -0.0484. The van der Waals surface area contributed by atoms with E-state index in [0.717, 1.165) is 38.4 Å². The maximum absolute atomic E-state index is 5.87. The Morgan fingerprint density at radius 1 is 1.63 bits per heavy atom. The second-order valence-corrected chi connectivity index (χ2v) is 5.49. The molecule has 0 aliphatic carbocycles. The van der Waals surface area contributed by atoms with Crippen LogP contribution in [0.3, 0.4) is 0 Å². The first-order valence-electron chi connectivity index (χ1n) is 6.52. The standard InChI is InChI=1S/C11H21BrN6O/c1-3-4-18-5-6-19-8(7-18)9(14-13)10-11(12)15-16-17(10)2/h8-9,14H,3-7,13H2,1-2H3. The monoisotopic (exact) mass is 332 g/mol. The highest BCUT2D eigenvalue weighted by Crippen LogP contribution is 2.26. The molecule has 1 aliphatic heterocycles. The first kappa shape index (κ1) is 14.9. The summed E-state index contributed by atoms with van der Waals surface area (Å²) in [5.74, 6) is 5.71. The van der Waals surface area contributed by atoms with Crippen LogP contribution in [0, 0.1) is 0 Å². The summed E-state index contributed by atoms with van der Waals surface area (Å²) < 4.78 is 8.29. The van der Waals surface area contributed by atoms with Crippen LogP contribution in [0.15, 0.2) is 4.60 Å². The van der Waals surface area contributed by atoms with Crippen molar-refractivity contribution in [3.63, 3.8) is 0 Å². The molecule has 0 aromatic carbocycles. The van der Waals surface area contributed by atoms with E-state index in [-0.39, 0.29) is 12.1 Å². The Labute approximate surface area is 121 Å². The van der Waals surface area contributed by atoms with E-state index in [9.17, 15) is 0 Å². The number of hydrogen-bond acceptors (Lipinski definition) is 6. The summed E-state index contributed by atoms with van der Waals surface area (Å²) in [5.41, 5.74) is 3.74. The molecule has 108 valence electrons. The van der Waals surface area contributed by atoms with Gasteiger partial charge in [0.25, 0.3) is 0 Å². The van der Waals surface area contributed by atoms with Gasteiger partial charge < -0.3 is 4.74 Å². The predicted molar refractivity (Wildman–Crippen MR) is 75.2 cm³/mol. The SMILES string of the molecule is CCCN1CCOC(C(NN)c2c(Br)nnn2C)C1. The van der Waals surface area contributed by atoms with Crippen molar-refractivity contribution in [2.24, 2.45) is 12.9 Å². The van der Waals surface area contributed by atoms with Gasteiger partial charge in [-0.15, -0.1) is 5.10 Å². The van der Waals surface area contributed by atoms with Gasteiger partial charge in [0.15, 0.2) is 4.60 Å². The maximum Gasteiger partial charge on any atom is 0.153 e. The number of morpholine rings is 1. The molecule has 0 amide bonds. The molecule has 1 aliphatic rings. The molecule has 0 spiro atoms. The number of aromatic nitrogens is 3. The van der Waals surface area contributed by atoms with Crippen LogP contribution in [-0.4, -0.2) is 52.2 Å². The summed E-state index contributed by atoms with van der Waals surface area (Å²) >= 11 is 3.41. The van der Waals surface area contributed by atoms with Crippen LogP contribution in [0.5, 0.6) is 0 Å². The largest absolute Gasteiger partial charge is 0.373 e. The Morgan fingerprint density at radius 2 is 2.42 bits per heavy atom. The molecule has 1 aromatic rings. The molecule has 2 heterocycles. The number of hydrazine groups is 1. The zero-order valence-electron chi connectivity index (χ0n) is 11.3. The second-order valence-electron chi connectivity index (χ2n) is 4.74. The Bertz CT molecular complexity index is 390. The Balaban J connectivity index is 2.13. The third-order valence-electron chi connectivity index (χ3n) is 3.39. The van der Waals surface area contributed by atoms with Gasteiger partial charge in [0.05, 0.1) is 24.4 Å². The molecule has 0 radical (unpaired) electrons. The van der Waals surface area contributed by atoms with E-state index in [4.69, 9.17) is 10.6 Å². The van der Waals surface area contributed by atoms with E-state index in [1.165, 1.54) is 0 Å². The first-order valence-corrected chi connectivity index (χ1v) is 7.31. The minimum Gasteiger partial charge on any atom is -0.373 e. The summed E-state index contributed by atoms with van der Waals surface area (Å²) in [4.78, 5) is 2.40. The molecule has 1 aromatic heterocycles. The Kier molecular flexibility index (Phi) is 5.28. The highest BCUT2D eigenvalue weighted by Gasteiger charge is 2.32. The number of nitrogens with zero attached hydrogens (tertiary/aromatic N) is 4. The number of aryl methyl sites for hydroxylation is 1. The minimum atomic E-state index is -0.131. The molecule has 7 nitrogen and oxygen atoms in total. The van der Waals surface area contributed by atoms with Gasteiger partial charge >= 0.3 is 0 Å². The van der Waals surface area contributed by atoms with E-state index < -0.39 is 0 Å². The molecule has 0 saturated carbocycles. The molecule has 1 saturated heterocycles. The topological polar surface area (TPSA) is 81.2 Å². The van der Waals surface area contributed by atoms with Crippen molar-refractivity contribution in [3.8, 4) is 0 Å². The Morgan fingerprint density at radius 3 is 3.00 bits per heavy atom. The zero-order valence-corrected chi connectivity index (χ0v) is 12.9. The average molecular weight is 333 g/mol. The maximum atomic E-state index is 5.87. The number of nitrogens with two attached hydrogens (primary N) is 1. The van der Waals surface area contributed by atoms with Crippen LogP contribution in [-0.2, 0) is 11.8 Å². The summed E-state index contributed by atoms with van der Waals surface area (Å²) in [5, 5.41) is 7.99. The summed E-state index contributed by atoms with van der Waals surface area (Å²) in [6.07, 6.45) is 1.14. The third-order valence-corrected chi connectivity index (χ3v) is 3.95. The highest BCUT2D eigenvalue weighted by atomic mass is 79.9. The van der Waals surface area contributed by atoms with Gasteiger partial charge in [-0.2, -0.15) is 0 Å². The van der Waals surface area contributed by atoms with Crippen LogP contribution < -0.4 is 11.3 Å². The Hall–Kier alpha value is -0.540. The molecule has 0 bridgehead atoms. The van der Waals surface area contributed by atoms with Gasteiger partial charge in [0, 0.05) is 20.1 Å². The molecule has 2 atom stereocenters. The number of rotatable bonds is 5. The highest BCUT2D eigenvalue weighted by molar-refractivity contribution is 9.10. The van der Waals surface area contributed by atoms with Crippen molar-refractivity contribution < 1.29 is 4.74 Å². The lowest BCUT2D eigenvalue weighted by Crippen LogP contribution is -2.50. The molecule has 1 fully saturated rings. The second kappa shape index (κ2) is 6.76. The molecular formula is C11H21BrN6O. The summed E-state index contributed by atoms with van der Waals surface area (Å²) in [6, 6.07) is -0.131. The van der Waals surface area contributed by atoms with E-state index in [0.29, 0.717) is 4.60 Å². The number of nitrogens with one attached hydrogen (secondary N) is 1. The van der Waals surface area contributed by atoms with E-state index in [1.54, 1.807) is 4.68 Å². The first-order chi connectivity index (χ1) is 9.17. The van der Waals surface area contributed by atoms with Crippen molar-refractivity contribution in [1.82, 2.24) is 25.3 Å². The molecule has 2 unspecified atom stereocenters. The van der Waals surface area contributed by atoms with Crippen molar-refractivity contribution >= 4 is 15.9 Å². The average Bonchev–Trinajstić information content (AvgIpc) is 2.73. The molecule has 3 N–H and O–H groups in total. The molecular weight excluding hydrogens is 312 g/mol. The smallest absolute Gasteiger partial charge is 0.153 e. The normalized spacial score (nSPS) is 22.6. The number of halogens is 1. The van der Waals surface area contributed by atoms with E-state index in [1.807, 2.05) is 7.05 Å². The van der Waals surface area contributed by atoms with Crippen LogP contribution >= 0.6 is 15.9 Å². The van der Waals surface area contributed by atoms with Crippen LogP contribution in [0.4, 0.5) is 0 Å². The fourth-order valence-corrected chi connectivity index (χ4v) is 3.06. The third kappa shape index (κ3) is 3.32. The fraction of sp³-hybridized carbons (Fsp3) is 0.818. The van der Waals surface area contributed by atoms with Gasteiger partial charge in [0.2, 0.25) is 0 Å². The predicted octanol–water partition coefficient (Wildman–Crippen LogP) is 0.193. The zero-order chi connectivity index (χ0) is 13.8. The van der Waals surface area contributed by atoms with Gasteiger partial charge in [-0.25, -0.2) is 10.1 Å². The van der Waals surface area contributed by atoms with Gasteiger partial charge in [-0.1, -0.05) is 12.1 Å². The van der Waals surface area contributed by atoms with Crippen molar-refractivity contribution in [2.75, 3.05) is 26.2 Å². The molecule has 2 rings (SSSR count). The fourth-order valence-electron chi connectivity index (χ4n) is 2.48. The van der Waals surface area contributed by atoms with E-state index >= 15 is 0 Å². The summed E-state index contributed by atoms with van der Waals surface area (Å²) in [7, 11) is 1.85. The van der Waals surface area contributed by atoms with Gasteiger partial charge in [-0.05, 0) is 28.9 Å². The van der Waals surface area contributed by atoms with E-state index in [2.05, 4.69) is 43.5 Å². The quantitative estimate of drug-likeness (QED) is 0.592. The van der Waals surface area contributed by atoms with Gasteiger partial charge in [0.1, 0.15) is 0 Å². The number of ether oxygens (including phenoxy) is 1. The van der Waals surface area contributed by atoms with Crippen LogP contribution in [0.2, 0.25) is 0 Å².